The van der Waals surface area contributed by atoms with Gasteiger partial charge in [-0.1, -0.05) is 6.07 Å². The number of nitrogens with one attached hydrogen (secondary N) is 1. The topological polar surface area (TPSA) is 64.4 Å². The van der Waals surface area contributed by atoms with Crippen LogP contribution in [0.1, 0.15) is 28.8 Å². The van der Waals surface area contributed by atoms with Crippen LogP contribution >= 0.6 is 0 Å². The largest absolute Gasteiger partial charge is 0.490 e. The zero-order valence-corrected chi connectivity index (χ0v) is 9.32. The monoisotopic (exact) mass is 220 g/mol. The Morgan fingerprint density at radius 1 is 1.56 bits per heavy atom. The quantitative estimate of drug-likeness (QED) is 0.797. The summed E-state index contributed by atoms with van der Waals surface area (Å²) >= 11 is 0. The molecular formula is C12H16N2O2. The second kappa shape index (κ2) is 4.53. The van der Waals surface area contributed by atoms with Crippen molar-refractivity contribution in [2.45, 2.75) is 25.5 Å². The lowest BCUT2D eigenvalue weighted by Gasteiger charge is -2.11. The Bertz CT molecular complexity index is 400. The summed E-state index contributed by atoms with van der Waals surface area (Å²) in [6, 6.07) is 5.46. The van der Waals surface area contributed by atoms with Gasteiger partial charge in [-0.2, -0.15) is 0 Å². The number of rotatable bonds is 4. The molecule has 1 amide bonds. The molecule has 4 nitrogen and oxygen atoms in total. The van der Waals surface area contributed by atoms with Crippen molar-refractivity contribution < 1.29 is 9.53 Å². The van der Waals surface area contributed by atoms with Crippen molar-refractivity contribution in [2.75, 3.05) is 7.05 Å². The molecule has 1 aromatic carbocycles. The lowest BCUT2D eigenvalue weighted by atomic mass is 10.1. The Morgan fingerprint density at radius 2 is 2.31 bits per heavy atom. The molecule has 0 unspecified atom stereocenters. The fraction of sp³-hybridized carbons (Fsp3) is 0.417. The molecule has 1 aliphatic rings. The SMILES string of the molecule is CNC(=O)c1ccc(CN)cc1OC1CC1. The number of amides is 1. The first-order valence-corrected chi connectivity index (χ1v) is 5.46. The summed E-state index contributed by atoms with van der Waals surface area (Å²) < 4.78 is 5.71. The minimum absolute atomic E-state index is 0.126. The summed E-state index contributed by atoms with van der Waals surface area (Å²) in [4.78, 5) is 11.6. The Morgan fingerprint density at radius 3 is 2.88 bits per heavy atom. The Balaban J connectivity index is 2.29. The highest BCUT2D eigenvalue weighted by molar-refractivity contribution is 5.96. The molecule has 0 aromatic heterocycles. The van der Waals surface area contributed by atoms with Gasteiger partial charge < -0.3 is 15.8 Å². The van der Waals surface area contributed by atoms with Gasteiger partial charge >= 0.3 is 0 Å². The Hall–Kier alpha value is -1.55. The van der Waals surface area contributed by atoms with E-state index in [1.807, 2.05) is 12.1 Å². The number of carbonyl (C=O) groups excluding carboxylic acids is 1. The maximum Gasteiger partial charge on any atom is 0.254 e. The third kappa shape index (κ3) is 2.33. The fourth-order valence-corrected chi connectivity index (χ4v) is 1.48. The van der Waals surface area contributed by atoms with Crippen molar-refractivity contribution >= 4 is 5.91 Å². The lowest BCUT2D eigenvalue weighted by molar-refractivity contribution is 0.0958. The third-order valence-corrected chi connectivity index (χ3v) is 2.57. The van der Waals surface area contributed by atoms with Crippen molar-refractivity contribution in [3.63, 3.8) is 0 Å². The molecule has 0 aliphatic heterocycles. The van der Waals surface area contributed by atoms with Crippen LogP contribution in [-0.2, 0) is 6.54 Å². The zero-order chi connectivity index (χ0) is 11.5. The van der Waals surface area contributed by atoms with Gasteiger partial charge in [0, 0.05) is 13.6 Å². The molecule has 16 heavy (non-hydrogen) atoms. The maximum atomic E-state index is 11.6. The van der Waals surface area contributed by atoms with Crippen molar-refractivity contribution in [3.8, 4) is 5.75 Å². The molecule has 0 spiro atoms. The van der Waals surface area contributed by atoms with Crippen LogP contribution < -0.4 is 15.8 Å². The molecular weight excluding hydrogens is 204 g/mol. The van der Waals surface area contributed by atoms with Gasteiger partial charge in [0.2, 0.25) is 0 Å². The molecule has 3 N–H and O–H groups in total. The van der Waals surface area contributed by atoms with E-state index in [0.717, 1.165) is 18.4 Å². The van der Waals surface area contributed by atoms with Gasteiger partial charge in [0.05, 0.1) is 11.7 Å². The minimum atomic E-state index is -0.126. The molecule has 2 rings (SSSR count). The molecule has 1 fully saturated rings. The molecule has 1 aliphatic carbocycles. The van der Waals surface area contributed by atoms with Gasteiger partial charge in [-0.3, -0.25) is 4.79 Å². The average molecular weight is 220 g/mol. The lowest BCUT2D eigenvalue weighted by Crippen LogP contribution is -2.19. The summed E-state index contributed by atoms with van der Waals surface area (Å²) in [6.45, 7) is 0.453. The minimum Gasteiger partial charge on any atom is -0.490 e. The van der Waals surface area contributed by atoms with E-state index in [1.54, 1.807) is 13.1 Å². The van der Waals surface area contributed by atoms with Gasteiger partial charge in [-0.25, -0.2) is 0 Å². The van der Waals surface area contributed by atoms with Crippen molar-refractivity contribution in [3.05, 3.63) is 29.3 Å². The van der Waals surface area contributed by atoms with Gasteiger partial charge in [0.15, 0.2) is 0 Å². The van der Waals surface area contributed by atoms with Crippen LogP contribution in [0.25, 0.3) is 0 Å². The molecule has 0 atom stereocenters. The zero-order valence-electron chi connectivity index (χ0n) is 9.32. The van der Waals surface area contributed by atoms with E-state index in [1.165, 1.54) is 0 Å². The number of carbonyl (C=O) groups is 1. The highest BCUT2D eigenvalue weighted by atomic mass is 16.5. The van der Waals surface area contributed by atoms with E-state index in [0.29, 0.717) is 17.9 Å². The average Bonchev–Trinajstić information content (AvgIpc) is 3.12. The molecule has 1 aromatic rings. The summed E-state index contributed by atoms with van der Waals surface area (Å²) in [6.07, 6.45) is 2.41. The van der Waals surface area contributed by atoms with Crippen molar-refractivity contribution in [1.29, 1.82) is 0 Å². The summed E-state index contributed by atoms with van der Waals surface area (Å²) in [5, 5.41) is 2.60. The first kappa shape index (κ1) is 11.0. The normalized spacial score (nSPS) is 14.6. The van der Waals surface area contributed by atoms with Gasteiger partial charge in [-0.15, -0.1) is 0 Å². The molecule has 86 valence electrons. The van der Waals surface area contributed by atoms with Gasteiger partial charge in [0.25, 0.3) is 5.91 Å². The highest BCUT2D eigenvalue weighted by Crippen LogP contribution is 2.29. The van der Waals surface area contributed by atoms with Crippen LogP contribution in [0.15, 0.2) is 18.2 Å². The van der Waals surface area contributed by atoms with Gasteiger partial charge in [0.1, 0.15) is 5.75 Å². The van der Waals surface area contributed by atoms with E-state index in [4.69, 9.17) is 10.5 Å². The first-order chi connectivity index (χ1) is 7.74. The smallest absolute Gasteiger partial charge is 0.254 e. The fourth-order valence-electron chi connectivity index (χ4n) is 1.48. The van der Waals surface area contributed by atoms with Crippen LogP contribution in [0.2, 0.25) is 0 Å². The van der Waals surface area contributed by atoms with E-state index >= 15 is 0 Å². The number of hydrogen-bond donors (Lipinski definition) is 2. The Labute approximate surface area is 94.8 Å². The van der Waals surface area contributed by atoms with Crippen LogP contribution in [0.5, 0.6) is 5.75 Å². The van der Waals surface area contributed by atoms with Crippen molar-refractivity contribution in [2.24, 2.45) is 5.73 Å². The van der Waals surface area contributed by atoms with Gasteiger partial charge in [-0.05, 0) is 30.5 Å². The van der Waals surface area contributed by atoms with Crippen LogP contribution in [0, 0.1) is 0 Å². The number of benzene rings is 1. The summed E-state index contributed by atoms with van der Waals surface area (Å²) in [5.74, 6) is 0.518. The predicted molar refractivity (Wildman–Crippen MR) is 61.4 cm³/mol. The van der Waals surface area contributed by atoms with Crippen LogP contribution in [-0.4, -0.2) is 19.1 Å². The van der Waals surface area contributed by atoms with Crippen molar-refractivity contribution in [1.82, 2.24) is 5.32 Å². The molecule has 0 bridgehead atoms. The predicted octanol–water partition coefficient (Wildman–Crippen LogP) is 1.05. The van der Waals surface area contributed by atoms with E-state index in [-0.39, 0.29) is 12.0 Å². The molecule has 0 radical (unpaired) electrons. The van der Waals surface area contributed by atoms with Crippen LogP contribution in [0.4, 0.5) is 0 Å². The second-order valence-electron chi connectivity index (χ2n) is 3.93. The third-order valence-electron chi connectivity index (χ3n) is 2.57. The number of nitrogens with two attached hydrogens (primary N) is 1. The maximum absolute atomic E-state index is 11.6. The molecule has 1 saturated carbocycles. The standard InChI is InChI=1S/C12H16N2O2/c1-14-12(15)10-5-2-8(7-13)6-11(10)16-9-3-4-9/h2,5-6,9H,3-4,7,13H2,1H3,(H,14,15). The molecule has 4 heteroatoms. The second-order valence-corrected chi connectivity index (χ2v) is 3.93. The van der Waals surface area contributed by atoms with E-state index < -0.39 is 0 Å². The highest BCUT2D eigenvalue weighted by Gasteiger charge is 2.25. The van der Waals surface area contributed by atoms with Crippen LogP contribution in [0.3, 0.4) is 0 Å². The van der Waals surface area contributed by atoms with E-state index in [2.05, 4.69) is 5.32 Å². The molecule has 0 heterocycles. The number of hydrogen-bond acceptors (Lipinski definition) is 3. The molecule has 0 saturated heterocycles. The first-order valence-electron chi connectivity index (χ1n) is 5.46. The summed E-state index contributed by atoms with van der Waals surface area (Å²) in [7, 11) is 1.61. The number of ether oxygens (including phenoxy) is 1. The summed E-state index contributed by atoms with van der Waals surface area (Å²) in [5.41, 5.74) is 7.12. The van der Waals surface area contributed by atoms with E-state index in [9.17, 15) is 4.79 Å². The Kier molecular flexibility index (Phi) is 3.10.